The standard InChI is InChI=1S/C9H28O3Si4.C6H20O4Si4/c1-9-15(5,6)11-14(4)12-16(7,8)10-13(2)3;1-6-14(5)9-12(3)7-11(2)8-13(4)10-14/h13-14H,9H2,1-8H3;11-13H,6H2,1-5H3. The first kappa shape index (κ1) is 31.5. The van der Waals surface area contributed by atoms with Gasteiger partial charge < -0.3 is 28.8 Å². The third-order valence-electron chi connectivity index (χ3n) is 4.55. The average molecular weight is 565 g/mol. The molecule has 15 heteroatoms. The largest absolute Gasteiger partial charge is 0.440 e. The van der Waals surface area contributed by atoms with Crippen LogP contribution in [-0.2, 0) is 28.8 Å². The summed E-state index contributed by atoms with van der Waals surface area (Å²) in [5, 5.41) is 0. The Labute approximate surface area is 197 Å². The van der Waals surface area contributed by atoms with Gasteiger partial charge in [-0.1, -0.05) is 13.8 Å². The Morgan fingerprint density at radius 3 is 1.63 bits per heavy atom. The molecule has 0 radical (unpaired) electrons. The van der Waals surface area contributed by atoms with Crippen molar-refractivity contribution < 1.29 is 28.8 Å². The van der Waals surface area contributed by atoms with E-state index in [9.17, 15) is 0 Å². The molecule has 1 rings (SSSR count). The van der Waals surface area contributed by atoms with Gasteiger partial charge in [0, 0.05) is 0 Å². The molecule has 182 valence electrons. The van der Waals surface area contributed by atoms with Crippen molar-refractivity contribution in [3.63, 3.8) is 0 Å². The molecule has 0 aromatic rings. The van der Waals surface area contributed by atoms with Gasteiger partial charge in [-0.25, -0.2) is 0 Å². The SMILES string of the molecule is CC[Si](C)(C)O[SiH](C)O[Si](C)(C)O[SiH](C)C.CC[Si]1(C)O[SiH](C)O[SiH](C)O[SiH](C)O1. The molecule has 0 amide bonds. The quantitative estimate of drug-likeness (QED) is 0.418. The van der Waals surface area contributed by atoms with Gasteiger partial charge in [0.15, 0.2) is 17.4 Å². The molecule has 1 heterocycles. The van der Waals surface area contributed by atoms with E-state index in [0.29, 0.717) is 0 Å². The molecule has 0 aromatic heterocycles. The fraction of sp³-hybridized carbons (Fsp3) is 1.00. The van der Waals surface area contributed by atoms with E-state index in [1.54, 1.807) is 0 Å². The molecular weight excluding hydrogens is 517 g/mol. The molecule has 0 N–H and O–H groups in total. The van der Waals surface area contributed by atoms with Gasteiger partial charge in [-0.05, 0) is 84.1 Å². The lowest BCUT2D eigenvalue weighted by atomic mass is 11.0. The smallest absolute Gasteiger partial charge is 0.316 e. The van der Waals surface area contributed by atoms with Crippen molar-refractivity contribution in [1.82, 2.24) is 0 Å². The molecule has 1 aliphatic heterocycles. The number of rotatable bonds is 8. The fourth-order valence-corrected chi connectivity index (χ4v) is 30.7. The maximum atomic E-state index is 6.13. The third-order valence-corrected chi connectivity index (χ3v) is 31.9. The summed E-state index contributed by atoms with van der Waals surface area (Å²) in [5.74, 6) is 0. The van der Waals surface area contributed by atoms with Gasteiger partial charge in [0.05, 0.1) is 0 Å². The van der Waals surface area contributed by atoms with E-state index < -0.39 is 71.6 Å². The van der Waals surface area contributed by atoms with Crippen LogP contribution in [0.4, 0.5) is 0 Å². The van der Waals surface area contributed by atoms with E-state index >= 15 is 0 Å². The maximum Gasteiger partial charge on any atom is 0.316 e. The van der Waals surface area contributed by atoms with Gasteiger partial charge in [-0.3, -0.25) is 0 Å². The normalized spacial score (nSPS) is 29.6. The average Bonchev–Trinajstić information content (AvgIpc) is 2.50. The van der Waals surface area contributed by atoms with Crippen LogP contribution in [0.25, 0.3) is 0 Å². The summed E-state index contributed by atoms with van der Waals surface area (Å²) in [6.07, 6.45) is 0. The molecule has 30 heavy (non-hydrogen) atoms. The van der Waals surface area contributed by atoms with Crippen LogP contribution in [0.1, 0.15) is 13.8 Å². The summed E-state index contributed by atoms with van der Waals surface area (Å²) in [7, 11) is -12.3. The van der Waals surface area contributed by atoms with Crippen LogP contribution < -0.4 is 0 Å². The van der Waals surface area contributed by atoms with Gasteiger partial charge >= 0.3 is 17.1 Å². The molecule has 0 aliphatic carbocycles. The van der Waals surface area contributed by atoms with Gasteiger partial charge in [-0.2, -0.15) is 0 Å². The monoisotopic (exact) mass is 564 g/mol. The summed E-state index contributed by atoms with van der Waals surface area (Å²) in [6, 6.07) is 2.12. The second kappa shape index (κ2) is 14.0. The second-order valence-corrected chi connectivity index (χ2v) is 32.7. The predicted molar refractivity (Wildman–Crippen MR) is 146 cm³/mol. The molecule has 0 spiro atoms. The first-order valence-electron chi connectivity index (χ1n) is 11.2. The summed E-state index contributed by atoms with van der Waals surface area (Å²) in [6.45, 7) is 27.9. The fourth-order valence-electron chi connectivity index (χ4n) is 3.08. The van der Waals surface area contributed by atoms with E-state index in [2.05, 4.69) is 85.9 Å². The molecular formula is C15H48O7Si8. The van der Waals surface area contributed by atoms with E-state index in [1.807, 2.05) is 0 Å². The Hall–Kier alpha value is 1.46. The lowest BCUT2D eigenvalue weighted by Gasteiger charge is -2.36. The minimum absolute atomic E-state index is 0.977. The highest BCUT2D eigenvalue weighted by Crippen LogP contribution is 2.19. The van der Waals surface area contributed by atoms with Gasteiger partial charge in [0.1, 0.15) is 0 Å². The molecule has 1 aliphatic rings. The van der Waals surface area contributed by atoms with E-state index in [1.165, 1.54) is 0 Å². The molecule has 3 unspecified atom stereocenters. The van der Waals surface area contributed by atoms with Crippen molar-refractivity contribution in [2.24, 2.45) is 0 Å². The van der Waals surface area contributed by atoms with Crippen LogP contribution in [0, 0.1) is 0 Å². The van der Waals surface area contributed by atoms with Crippen LogP contribution >= 0.6 is 0 Å². The molecule has 1 saturated heterocycles. The highest BCUT2D eigenvalue weighted by Gasteiger charge is 2.37. The molecule has 0 bridgehead atoms. The maximum absolute atomic E-state index is 6.13. The topological polar surface area (TPSA) is 64.6 Å². The summed E-state index contributed by atoms with van der Waals surface area (Å²) in [5.41, 5.74) is 0. The minimum atomic E-state index is -1.95. The van der Waals surface area contributed by atoms with Crippen molar-refractivity contribution >= 4 is 71.6 Å². The van der Waals surface area contributed by atoms with Crippen LogP contribution in [0.15, 0.2) is 0 Å². The lowest BCUT2D eigenvalue weighted by molar-refractivity contribution is 0.275. The zero-order valence-corrected chi connectivity index (χ0v) is 30.4. The first-order chi connectivity index (χ1) is 13.5. The second-order valence-electron chi connectivity index (χ2n) is 9.18. The Balaban J connectivity index is 0.000000564. The van der Waals surface area contributed by atoms with Crippen LogP contribution in [-0.4, -0.2) is 71.6 Å². The molecule has 0 aromatic carbocycles. The highest BCUT2D eigenvalue weighted by atomic mass is 28.5. The van der Waals surface area contributed by atoms with Gasteiger partial charge in [0.2, 0.25) is 0 Å². The van der Waals surface area contributed by atoms with E-state index in [4.69, 9.17) is 28.8 Å². The van der Waals surface area contributed by atoms with E-state index in [-0.39, 0.29) is 0 Å². The lowest BCUT2D eigenvalue weighted by Crippen LogP contribution is -2.52. The number of hydrogen-bond donors (Lipinski definition) is 0. The zero-order chi connectivity index (χ0) is 23.8. The Morgan fingerprint density at radius 2 is 1.27 bits per heavy atom. The van der Waals surface area contributed by atoms with Crippen molar-refractivity contribution in [2.75, 3.05) is 0 Å². The molecule has 1 fully saturated rings. The summed E-state index contributed by atoms with van der Waals surface area (Å²) < 4.78 is 41.7. The van der Waals surface area contributed by atoms with Crippen molar-refractivity contribution in [2.45, 2.75) is 98.0 Å². The third kappa shape index (κ3) is 14.6. The molecule has 3 atom stereocenters. The Bertz CT molecular complexity index is 472. The molecule has 0 saturated carbocycles. The Kier molecular flexibility index (Phi) is 14.7. The van der Waals surface area contributed by atoms with Crippen molar-refractivity contribution in [3.8, 4) is 0 Å². The minimum Gasteiger partial charge on any atom is -0.440 e. The van der Waals surface area contributed by atoms with Crippen LogP contribution in [0.2, 0.25) is 84.1 Å². The number of hydrogen-bond acceptors (Lipinski definition) is 7. The predicted octanol–water partition coefficient (Wildman–Crippen LogP) is 3.51. The van der Waals surface area contributed by atoms with Crippen LogP contribution in [0.3, 0.4) is 0 Å². The van der Waals surface area contributed by atoms with Crippen molar-refractivity contribution in [3.05, 3.63) is 0 Å². The van der Waals surface area contributed by atoms with Crippen LogP contribution in [0.5, 0.6) is 0 Å². The van der Waals surface area contributed by atoms with Crippen molar-refractivity contribution in [1.29, 1.82) is 0 Å². The molecule has 7 nitrogen and oxygen atoms in total. The van der Waals surface area contributed by atoms with Gasteiger partial charge in [0.25, 0.3) is 37.1 Å². The van der Waals surface area contributed by atoms with Gasteiger partial charge in [-0.15, -0.1) is 0 Å². The highest BCUT2D eigenvalue weighted by molar-refractivity contribution is 6.82. The summed E-state index contributed by atoms with van der Waals surface area (Å²) >= 11 is 0. The zero-order valence-electron chi connectivity index (χ0n) is 21.7. The van der Waals surface area contributed by atoms with E-state index in [0.717, 1.165) is 12.1 Å². The summed E-state index contributed by atoms with van der Waals surface area (Å²) in [4.78, 5) is 0. The first-order valence-corrected chi connectivity index (χ1v) is 30.9. The Morgan fingerprint density at radius 1 is 0.800 bits per heavy atom.